The molecule has 1 aliphatic rings. The van der Waals surface area contributed by atoms with E-state index in [1.807, 2.05) is 31.2 Å². The van der Waals surface area contributed by atoms with Crippen molar-refractivity contribution in [2.75, 3.05) is 0 Å². The van der Waals surface area contributed by atoms with Gasteiger partial charge in [-0.3, -0.25) is 4.79 Å². The van der Waals surface area contributed by atoms with Gasteiger partial charge in [0, 0.05) is 11.8 Å². The van der Waals surface area contributed by atoms with Crippen LogP contribution < -0.4 is 5.56 Å². The number of pyridine rings is 1. The average Bonchev–Trinajstić information content (AvgIpc) is 2.93. The zero-order chi connectivity index (χ0) is 15.0. The normalized spacial score (nSPS) is 15.0. The van der Waals surface area contributed by atoms with Gasteiger partial charge in [-0.25, -0.2) is 0 Å². The number of hydrogen-bond donors (Lipinski definition) is 1. The fraction of sp³-hybridized carbons (Fsp3) is 0.389. The van der Waals surface area contributed by atoms with Gasteiger partial charge in [0.1, 0.15) is 0 Å². The number of rotatable bonds is 3. The summed E-state index contributed by atoms with van der Waals surface area (Å²) in [7, 11) is 0. The van der Waals surface area contributed by atoms with E-state index in [0.717, 1.165) is 36.1 Å². The maximum absolute atomic E-state index is 12.1. The number of benzene rings is 1. The van der Waals surface area contributed by atoms with Crippen LogP contribution >= 0.6 is 0 Å². The SMILES string of the molecule is Cc1ccc(C(O)Cn2c3c(ccc2=O)CCC3)cc1C. The minimum Gasteiger partial charge on any atom is -0.387 e. The molecule has 3 rings (SSSR count). The summed E-state index contributed by atoms with van der Waals surface area (Å²) >= 11 is 0. The van der Waals surface area contributed by atoms with Gasteiger partial charge in [0.15, 0.2) is 0 Å². The molecular weight excluding hydrogens is 262 g/mol. The number of fused-ring (bicyclic) bond motifs is 1. The highest BCUT2D eigenvalue weighted by Gasteiger charge is 2.18. The quantitative estimate of drug-likeness (QED) is 0.941. The molecule has 0 saturated heterocycles. The smallest absolute Gasteiger partial charge is 0.250 e. The summed E-state index contributed by atoms with van der Waals surface area (Å²) in [4.78, 5) is 12.1. The summed E-state index contributed by atoms with van der Waals surface area (Å²) < 4.78 is 1.75. The fourth-order valence-corrected chi connectivity index (χ4v) is 3.08. The van der Waals surface area contributed by atoms with Crippen molar-refractivity contribution in [3.8, 4) is 0 Å². The lowest BCUT2D eigenvalue weighted by atomic mass is 10.0. The van der Waals surface area contributed by atoms with E-state index in [1.54, 1.807) is 10.6 Å². The molecule has 3 heteroatoms. The van der Waals surface area contributed by atoms with Crippen molar-refractivity contribution >= 4 is 0 Å². The van der Waals surface area contributed by atoms with Crippen molar-refractivity contribution in [2.24, 2.45) is 0 Å². The Labute approximate surface area is 124 Å². The first-order chi connectivity index (χ1) is 10.1. The fourth-order valence-electron chi connectivity index (χ4n) is 3.08. The largest absolute Gasteiger partial charge is 0.387 e. The van der Waals surface area contributed by atoms with E-state index >= 15 is 0 Å². The van der Waals surface area contributed by atoms with Crippen LogP contribution in [0.4, 0.5) is 0 Å². The number of aliphatic hydroxyl groups is 1. The highest BCUT2D eigenvalue weighted by atomic mass is 16.3. The van der Waals surface area contributed by atoms with E-state index in [-0.39, 0.29) is 5.56 Å². The highest BCUT2D eigenvalue weighted by molar-refractivity contribution is 5.31. The third-order valence-corrected chi connectivity index (χ3v) is 4.52. The first-order valence-corrected chi connectivity index (χ1v) is 7.53. The number of aromatic nitrogens is 1. The number of nitrogens with zero attached hydrogens (tertiary/aromatic N) is 1. The monoisotopic (exact) mass is 283 g/mol. The third kappa shape index (κ3) is 2.66. The van der Waals surface area contributed by atoms with Gasteiger partial charge in [-0.15, -0.1) is 0 Å². The molecule has 0 amide bonds. The van der Waals surface area contributed by atoms with Gasteiger partial charge >= 0.3 is 0 Å². The van der Waals surface area contributed by atoms with Crippen LogP contribution in [0.5, 0.6) is 0 Å². The molecule has 2 aromatic rings. The van der Waals surface area contributed by atoms with E-state index in [2.05, 4.69) is 6.92 Å². The second-order valence-electron chi connectivity index (χ2n) is 5.97. The van der Waals surface area contributed by atoms with Gasteiger partial charge in [0.25, 0.3) is 5.56 Å². The molecule has 110 valence electrons. The second-order valence-corrected chi connectivity index (χ2v) is 5.97. The van der Waals surface area contributed by atoms with Crippen LogP contribution in [0, 0.1) is 13.8 Å². The Kier molecular flexibility index (Phi) is 3.68. The van der Waals surface area contributed by atoms with E-state index < -0.39 is 6.10 Å². The highest BCUT2D eigenvalue weighted by Crippen LogP contribution is 2.23. The first-order valence-electron chi connectivity index (χ1n) is 7.53. The Bertz CT molecular complexity index is 730. The van der Waals surface area contributed by atoms with Crippen LogP contribution in [-0.4, -0.2) is 9.67 Å². The Morgan fingerprint density at radius 1 is 1.14 bits per heavy atom. The standard InChI is InChI=1S/C18H21NO2/c1-12-6-7-15(10-13(12)2)17(20)11-19-16-5-3-4-14(16)8-9-18(19)21/h6-10,17,20H,3-5,11H2,1-2H3. The molecule has 0 bridgehead atoms. The lowest BCUT2D eigenvalue weighted by Crippen LogP contribution is -2.25. The molecule has 21 heavy (non-hydrogen) atoms. The summed E-state index contributed by atoms with van der Waals surface area (Å²) in [5.41, 5.74) is 5.59. The average molecular weight is 283 g/mol. The van der Waals surface area contributed by atoms with Crippen LogP contribution in [0.25, 0.3) is 0 Å². The number of aryl methyl sites for hydroxylation is 3. The molecule has 1 aromatic carbocycles. The van der Waals surface area contributed by atoms with Gasteiger partial charge in [-0.1, -0.05) is 24.3 Å². The Hall–Kier alpha value is -1.87. The van der Waals surface area contributed by atoms with Crippen LogP contribution in [-0.2, 0) is 19.4 Å². The van der Waals surface area contributed by atoms with Crippen molar-refractivity contribution in [2.45, 2.75) is 45.8 Å². The Balaban J connectivity index is 1.91. The van der Waals surface area contributed by atoms with Gasteiger partial charge in [-0.05, 0) is 55.4 Å². The molecule has 1 unspecified atom stereocenters. The van der Waals surface area contributed by atoms with Crippen molar-refractivity contribution < 1.29 is 5.11 Å². The van der Waals surface area contributed by atoms with Gasteiger partial charge in [0.05, 0.1) is 12.6 Å². The summed E-state index contributed by atoms with van der Waals surface area (Å²) in [5.74, 6) is 0. The molecular formula is C18H21NO2. The van der Waals surface area contributed by atoms with Crippen molar-refractivity contribution in [3.05, 3.63) is 68.6 Å². The molecule has 1 atom stereocenters. The lowest BCUT2D eigenvalue weighted by molar-refractivity contribution is 0.154. The molecule has 1 heterocycles. The van der Waals surface area contributed by atoms with E-state index in [1.165, 1.54) is 11.1 Å². The zero-order valence-electron chi connectivity index (χ0n) is 12.6. The predicted octanol–water partition coefficient (Wildman–Crippen LogP) is 2.69. The van der Waals surface area contributed by atoms with E-state index in [9.17, 15) is 9.90 Å². The van der Waals surface area contributed by atoms with Crippen LogP contribution in [0.15, 0.2) is 35.1 Å². The predicted molar refractivity (Wildman–Crippen MR) is 83.6 cm³/mol. The van der Waals surface area contributed by atoms with Gasteiger partial charge in [-0.2, -0.15) is 0 Å². The maximum Gasteiger partial charge on any atom is 0.250 e. The van der Waals surface area contributed by atoms with Gasteiger partial charge < -0.3 is 9.67 Å². The number of aliphatic hydroxyl groups excluding tert-OH is 1. The first kappa shape index (κ1) is 14.1. The summed E-state index contributed by atoms with van der Waals surface area (Å²) in [5, 5.41) is 10.5. The van der Waals surface area contributed by atoms with Gasteiger partial charge in [0.2, 0.25) is 0 Å². The van der Waals surface area contributed by atoms with Crippen molar-refractivity contribution in [3.63, 3.8) is 0 Å². The Morgan fingerprint density at radius 3 is 2.71 bits per heavy atom. The molecule has 0 saturated carbocycles. The van der Waals surface area contributed by atoms with Crippen molar-refractivity contribution in [1.29, 1.82) is 0 Å². The Morgan fingerprint density at radius 2 is 1.95 bits per heavy atom. The van der Waals surface area contributed by atoms with Crippen molar-refractivity contribution in [1.82, 2.24) is 4.57 Å². The lowest BCUT2D eigenvalue weighted by Gasteiger charge is -2.17. The summed E-state index contributed by atoms with van der Waals surface area (Å²) in [6.45, 7) is 4.43. The van der Waals surface area contributed by atoms with Crippen LogP contribution in [0.2, 0.25) is 0 Å². The molecule has 0 spiro atoms. The molecule has 0 fully saturated rings. The molecule has 1 N–H and O–H groups in total. The molecule has 3 nitrogen and oxygen atoms in total. The molecule has 0 aliphatic heterocycles. The second kappa shape index (κ2) is 5.49. The molecule has 1 aliphatic carbocycles. The number of hydrogen-bond acceptors (Lipinski definition) is 2. The minimum absolute atomic E-state index is 0.0152. The minimum atomic E-state index is -0.644. The molecule has 0 radical (unpaired) electrons. The summed E-state index contributed by atoms with van der Waals surface area (Å²) in [6.07, 6.45) is 2.42. The zero-order valence-corrected chi connectivity index (χ0v) is 12.6. The van der Waals surface area contributed by atoms with E-state index in [4.69, 9.17) is 0 Å². The third-order valence-electron chi connectivity index (χ3n) is 4.52. The van der Waals surface area contributed by atoms with Crippen LogP contribution in [0.1, 0.15) is 40.5 Å². The topological polar surface area (TPSA) is 42.2 Å². The van der Waals surface area contributed by atoms with Crippen LogP contribution in [0.3, 0.4) is 0 Å². The maximum atomic E-state index is 12.1. The van der Waals surface area contributed by atoms with E-state index in [0.29, 0.717) is 6.54 Å². The molecule has 1 aromatic heterocycles. The summed E-state index contributed by atoms with van der Waals surface area (Å²) in [6, 6.07) is 9.53.